The van der Waals surface area contributed by atoms with Crippen LogP contribution in [0, 0.1) is 0 Å². The molecule has 1 atom stereocenters. The van der Waals surface area contributed by atoms with Crippen LogP contribution in [0.15, 0.2) is 0 Å². The number of nitrogens with zero attached hydrogens (tertiary/aromatic N) is 2. The largest absolute Gasteiger partial charge is 0.405 e. The van der Waals surface area contributed by atoms with Crippen molar-refractivity contribution < 1.29 is 13.2 Å². The summed E-state index contributed by atoms with van der Waals surface area (Å²) in [7, 11) is 1.74. The van der Waals surface area contributed by atoms with E-state index in [4.69, 9.17) is 0 Å². The van der Waals surface area contributed by atoms with Gasteiger partial charge in [0.25, 0.3) is 0 Å². The highest BCUT2D eigenvalue weighted by Gasteiger charge is 2.45. The van der Waals surface area contributed by atoms with Gasteiger partial charge in [0, 0.05) is 19.6 Å². The van der Waals surface area contributed by atoms with Crippen molar-refractivity contribution in [3.8, 4) is 0 Å². The number of hydrogen-bond acceptors (Lipinski definition) is 2. The Morgan fingerprint density at radius 1 is 1.29 bits per heavy atom. The average molecular weight is 210 g/mol. The molecule has 2 nitrogen and oxygen atoms in total. The van der Waals surface area contributed by atoms with Crippen molar-refractivity contribution in [1.29, 1.82) is 0 Å². The van der Waals surface area contributed by atoms with E-state index in [-0.39, 0.29) is 6.54 Å². The van der Waals surface area contributed by atoms with Gasteiger partial charge in [-0.05, 0) is 20.0 Å². The Hall–Kier alpha value is -0.290. The Bertz CT molecular complexity index is 181. The first-order chi connectivity index (χ1) is 6.45. The quantitative estimate of drug-likeness (QED) is 0.682. The maximum absolute atomic E-state index is 12.6. The second-order valence-electron chi connectivity index (χ2n) is 3.86. The number of halogens is 3. The van der Waals surface area contributed by atoms with Crippen LogP contribution in [0.3, 0.4) is 0 Å². The first-order valence-electron chi connectivity index (χ1n) is 4.94. The molecule has 0 aromatic heterocycles. The molecule has 1 aliphatic rings. The van der Waals surface area contributed by atoms with Gasteiger partial charge in [-0.25, -0.2) is 0 Å². The normalized spacial score (nSPS) is 26.8. The van der Waals surface area contributed by atoms with E-state index < -0.39 is 12.2 Å². The summed E-state index contributed by atoms with van der Waals surface area (Å²) in [6.07, 6.45) is -3.32. The van der Waals surface area contributed by atoms with Crippen molar-refractivity contribution in [1.82, 2.24) is 9.80 Å². The number of likely N-dealkylation sites (N-methyl/N-ethyl adjacent to an activating group) is 1. The zero-order valence-corrected chi connectivity index (χ0v) is 8.64. The van der Waals surface area contributed by atoms with Crippen LogP contribution >= 0.6 is 0 Å². The van der Waals surface area contributed by atoms with E-state index in [1.54, 1.807) is 16.8 Å². The van der Waals surface area contributed by atoms with Gasteiger partial charge in [0.1, 0.15) is 6.04 Å². The molecule has 0 saturated carbocycles. The van der Waals surface area contributed by atoms with Crippen molar-refractivity contribution in [2.45, 2.75) is 25.6 Å². The molecular formula is C9H17F3N2. The van der Waals surface area contributed by atoms with Crippen LogP contribution < -0.4 is 0 Å². The lowest BCUT2D eigenvalue weighted by Crippen LogP contribution is -2.58. The zero-order chi connectivity index (χ0) is 10.8. The molecule has 1 fully saturated rings. The molecule has 1 heterocycles. The van der Waals surface area contributed by atoms with Crippen LogP contribution in [0.2, 0.25) is 0 Å². The minimum Gasteiger partial charge on any atom is -0.303 e. The zero-order valence-electron chi connectivity index (χ0n) is 8.64. The van der Waals surface area contributed by atoms with Crippen LogP contribution in [-0.2, 0) is 0 Å². The van der Waals surface area contributed by atoms with E-state index in [2.05, 4.69) is 0 Å². The van der Waals surface area contributed by atoms with E-state index in [1.165, 1.54) is 0 Å². The number of alkyl halides is 3. The number of piperazine rings is 1. The summed E-state index contributed by atoms with van der Waals surface area (Å²) < 4.78 is 37.9. The molecule has 5 heteroatoms. The average Bonchev–Trinajstić information content (AvgIpc) is 2.07. The van der Waals surface area contributed by atoms with Gasteiger partial charge < -0.3 is 4.90 Å². The van der Waals surface area contributed by atoms with E-state index >= 15 is 0 Å². The molecule has 0 aromatic rings. The summed E-state index contributed by atoms with van der Waals surface area (Å²) in [5, 5.41) is 0. The van der Waals surface area contributed by atoms with Crippen molar-refractivity contribution >= 4 is 0 Å². The fraction of sp³-hybridized carbons (Fsp3) is 1.00. The van der Waals surface area contributed by atoms with Gasteiger partial charge in [0.05, 0.1) is 0 Å². The second-order valence-corrected chi connectivity index (χ2v) is 3.86. The summed E-state index contributed by atoms with van der Waals surface area (Å²) in [4.78, 5) is 3.28. The molecule has 0 spiro atoms. The lowest BCUT2D eigenvalue weighted by atomic mass is 10.1. The highest BCUT2D eigenvalue weighted by Crippen LogP contribution is 2.27. The first-order valence-corrected chi connectivity index (χ1v) is 4.94. The third-order valence-electron chi connectivity index (χ3n) is 2.58. The fourth-order valence-corrected chi connectivity index (χ4v) is 1.82. The molecule has 1 aliphatic heterocycles. The van der Waals surface area contributed by atoms with Crippen molar-refractivity contribution in [3.63, 3.8) is 0 Å². The Labute approximate surface area is 82.7 Å². The number of hydrogen-bond donors (Lipinski definition) is 0. The smallest absolute Gasteiger partial charge is 0.303 e. The van der Waals surface area contributed by atoms with E-state index in [0.717, 1.165) is 13.0 Å². The molecule has 0 radical (unpaired) electrons. The standard InChI is InChI=1S/C9H17F3N2/c1-3-4-14-6-5-13(2)7-8(14)9(10,11)12/h8H,3-7H2,1-2H3. The van der Waals surface area contributed by atoms with Crippen LogP contribution in [0.25, 0.3) is 0 Å². The lowest BCUT2D eigenvalue weighted by Gasteiger charge is -2.40. The SMILES string of the molecule is CCCN1CCN(C)CC1C(F)(F)F. The van der Waals surface area contributed by atoms with Crippen molar-refractivity contribution in [2.24, 2.45) is 0 Å². The van der Waals surface area contributed by atoms with E-state index in [1.807, 2.05) is 6.92 Å². The highest BCUT2D eigenvalue weighted by molar-refractivity contribution is 4.85. The molecule has 14 heavy (non-hydrogen) atoms. The first kappa shape index (κ1) is 11.8. The molecular weight excluding hydrogens is 193 g/mol. The van der Waals surface area contributed by atoms with Crippen LogP contribution in [0.5, 0.6) is 0 Å². The Morgan fingerprint density at radius 2 is 1.93 bits per heavy atom. The fourth-order valence-electron chi connectivity index (χ4n) is 1.82. The molecule has 1 unspecified atom stereocenters. The van der Waals surface area contributed by atoms with Crippen LogP contribution in [0.1, 0.15) is 13.3 Å². The maximum atomic E-state index is 12.6. The Kier molecular flexibility index (Phi) is 3.78. The summed E-state index contributed by atoms with van der Waals surface area (Å²) in [6, 6.07) is -1.28. The molecule has 0 aliphatic carbocycles. The van der Waals surface area contributed by atoms with Gasteiger partial charge >= 0.3 is 6.18 Å². The molecule has 0 bridgehead atoms. The van der Waals surface area contributed by atoms with Crippen molar-refractivity contribution in [2.75, 3.05) is 33.2 Å². The van der Waals surface area contributed by atoms with Crippen LogP contribution in [0.4, 0.5) is 13.2 Å². The van der Waals surface area contributed by atoms with Gasteiger partial charge in [0.2, 0.25) is 0 Å². The Balaban J connectivity index is 2.64. The molecule has 0 aromatic carbocycles. The predicted octanol–water partition coefficient (Wildman–Crippen LogP) is 1.57. The molecule has 84 valence electrons. The van der Waals surface area contributed by atoms with Gasteiger partial charge in [-0.15, -0.1) is 0 Å². The minimum absolute atomic E-state index is 0.101. The molecule has 0 amide bonds. The third kappa shape index (κ3) is 2.85. The van der Waals surface area contributed by atoms with Crippen LogP contribution in [-0.4, -0.2) is 55.2 Å². The Morgan fingerprint density at radius 3 is 2.43 bits per heavy atom. The van der Waals surface area contributed by atoms with E-state index in [0.29, 0.717) is 13.1 Å². The van der Waals surface area contributed by atoms with Crippen molar-refractivity contribution in [3.05, 3.63) is 0 Å². The summed E-state index contributed by atoms with van der Waals surface area (Å²) in [6.45, 7) is 3.80. The molecule has 0 N–H and O–H groups in total. The third-order valence-corrected chi connectivity index (χ3v) is 2.58. The summed E-state index contributed by atoms with van der Waals surface area (Å²) in [5.41, 5.74) is 0. The van der Waals surface area contributed by atoms with Gasteiger partial charge in [0.15, 0.2) is 0 Å². The molecule has 1 rings (SSSR count). The topological polar surface area (TPSA) is 6.48 Å². The minimum atomic E-state index is -4.09. The number of rotatable bonds is 2. The summed E-state index contributed by atoms with van der Waals surface area (Å²) in [5.74, 6) is 0. The summed E-state index contributed by atoms with van der Waals surface area (Å²) >= 11 is 0. The monoisotopic (exact) mass is 210 g/mol. The maximum Gasteiger partial charge on any atom is 0.405 e. The second kappa shape index (κ2) is 4.49. The van der Waals surface area contributed by atoms with Gasteiger partial charge in [-0.1, -0.05) is 6.92 Å². The lowest BCUT2D eigenvalue weighted by molar-refractivity contribution is -0.195. The van der Waals surface area contributed by atoms with E-state index in [9.17, 15) is 13.2 Å². The highest BCUT2D eigenvalue weighted by atomic mass is 19.4. The van der Waals surface area contributed by atoms with Gasteiger partial charge in [-0.2, -0.15) is 13.2 Å². The molecule has 1 saturated heterocycles. The van der Waals surface area contributed by atoms with Gasteiger partial charge in [-0.3, -0.25) is 4.90 Å². The predicted molar refractivity (Wildman–Crippen MR) is 49.2 cm³/mol.